The molecule has 132 valence electrons. The van der Waals surface area contributed by atoms with Gasteiger partial charge in [0.15, 0.2) is 0 Å². The van der Waals surface area contributed by atoms with Crippen molar-refractivity contribution < 1.29 is 0 Å². The van der Waals surface area contributed by atoms with E-state index >= 15 is 0 Å². The van der Waals surface area contributed by atoms with Crippen LogP contribution in [0.3, 0.4) is 0 Å². The molecule has 5 heteroatoms. The van der Waals surface area contributed by atoms with Crippen LogP contribution in [0.2, 0.25) is 0 Å². The Morgan fingerprint density at radius 3 is 2.48 bits per heavy atom. The highest BCUT2D eigenvalue weighted by Gasteiger charge is 2.27. The monoisotopic (exact) mass is 371 g/mol. The first kappa shape index (κ1) is 18.1. The van der Waals surface area contributed by atoms with Gasteiger partial charge in [0.1, 0.15) is 15.7 Å². The minimum atomic E-state index is -0.0109. The van der Waals surface area contributed by atoms with Crippen molar-refractivity contribution in [3.63, 3.8) is 0 Å². The van der Waals surface area contributed by atoms with Crippen molar-refractivity contribution >= 4 is 27.7 Å². The molecular formula is C20H25N3S2. The molecule has 0 spiro atoms. The lowest BCUT2D eigenvalue weighted by molar-refractivity contribution is 0.303. The molecule has 3 rings (SSSR count). The van der Waals surface area contributed by atoms with Gasteiger partial charge in [-0.3, -0.25) is 4.98 Å². The number of nitrogens with one attached hydrogen (secondary N) is 1. The van der Waals surface area contributed by atoms with E-state index in [0.29, 0.717) is 0 Å². The molecule has 3 nitrogen and oxygen atoms in total. The van der Waals surface area contributed by atoms with Gasteiger partial charge in [0.2, 0.25) is 0 Å². The summed E-state index contributed by atoms with van der Waals surface area (Å²) in [5, 5.41) is 8.00. The van der Waals surface area contributed by atoms with E-state index in [-0.39, 0.29) is 11.0 Å². The van der Waals surface area contributed by atoms with Crippen LogP contribution in [-0.4, -0.2) is 15.5 Å². The van der Waals surface area contributed by atoms with E-state index in [4.69, 9.17) is 4.98 Å². The molecule has 0 radical (unpaired) electrons. The van der Waals surface area contributed by atoms with Crippen molar-refractivity contribution in [1.82, 2.24) is 9.97 Å². The number of rotatable bonds is 5. The van der Waals surface area contributed by atoms with Crippen molar-refractivity contribution in [1.29, 1.82) is 0 Å². The predicted molar refractivity (Wildman–Crippen MR) is 110 cm³/mol. The summed E-state index contributed by atoms with van der Waals surface area (Å²) < 4.78 is 0. The van der Waals surface area contributed by atoms with Crippen LogP contribution in [-0.2, 0) is 0 Å². The third kappa shape index (κ3) is 4.67. The number of anilines is 1. The van der Waals surface area contributed by atoms with Crippen molar-refractivity contribution in [2.24, 2.45) is 5.41 Å². The minimum Gasteiger partial charge on any atom is -0.370 e. The molecule has 25 heavy (non-hydrogen) atoms. The van der Waals surface area contributed by atoms with E-state index < -0.39 is 0 Å². The Labute approximate surface area is 158 Å². The van der Waals surface area contributed by atoms with Crippen molar-refractivity contribution in [3.05, 3.63) is 42.0 Å². The fourth-order valence-electron chi connectivity index (χ4n) is 3.28. The second-order valence-corrected chi connectivity index (χ2v) is 10.1. The van der Waals surface area contributed by atoms with Gasteiger partial charge < -0.3 is 5.32 Å². The molecule has 3 aromatic heterocycles. The van der Waals surface area contributed by atoms with Crippen LogP contribution in [0.25, 0.3) is 21.1 Å². The number of pyridine rings is 1. The Bertz CT molecular complexity index is 813. The number of hydrogen-bond donors (Lipinski definition) is 1. The van der Waals surface area contributed by atoms with Gasteiger partial charge in [0, 0.05) is 23.5 Å². The fourth-order valence-corrected chi connectivity index (χ4v) is 5.21. The van der Waals surface area contributed by atoms with Gasteiger partial charge in [0.25, 0.3) is 0 Å². The summed E-state index contributed by atoms with van der Waals surface area (Å²) in [6.45, 7) is 11.4. The molecule has 0 unspecified atom stereocenters. The molecule has 1 N–H and O–H groups in total. The number of thiophene rings is 1. The van der Waals surface area contributed by atoms with Crippen molar-refractivity contribution in [2.45, 2.75) is 46.6 Å². The molecule has 0 aliphatic heterocycles. The molecule has 0 saturated heterocycles. The lowest BCUT2D eigenvalue weighted by atomic mass is 9.82. The van der Waals surface area contributed by atoms with Gasteiger partial charge in [-0.2, -0.15) is 0 Å². The average Bonchev–Trinajstić information content (AvgIpc) is 3.14. The van der Waals surface area contributed by atoms with Gasteiger partial charge in [-0.05, 0) is 49.3 Å². The number of thiazole rings is 1. The molecular weight excluding hydrogens is 346 g/mol. The SMILES string of the molecule is CC(C)(C)CC(C)(C)Nc1sc(-c2cccnc2)nc1-c1cccs1. The van der Waals surface area contributed by atoms with Crippen LogP contribution in [0.1, 0.15) is 41.0 Å². The summed E-state index contributed by atoms with van der Waals surface area (Å²) in [6.07, 6.45) is 4.74. The topological polar surface area (TPSA) is 37.8 Å². The van der Waals surface area contributed by atoms with Gasteiger partial charge in [-0.25, -0.2) is 4.98 Å². The van der Waals surface area contributed by atoms with Crippen LogP contribution >= 0.6 is 22.7 Å². The smallest absolute Gasteiger partial charge is 0.127 e. The Hall–Kier alpha value is -1.72. The van der Waals surface area contributed by atoms with Gasteiger partial charge in [-0.1, -0.05) is 38.2 Å². The number of hydrogen-bond acceptors (Lipinski definition) is 5. The predicted octanol–water partition coefficient (Wildman–Crippen LogP) is 6.56. The second kappa shape index (κ2) is 6.89. The normalized spacial score (nSPS) is 12.4. The number of aromatic nitrogens is 2. The third-order valence-corrected chi connectivity index (χ3v) is 5.61. The molecule has 3 aromatic rings. The average molecular weight is 372 g/mol. The van der Waals surface area contributed by atoms with Crippen LogP contribution in [0.15, 0.2) is 42.0 Å². The molecule has 0 amide bonds. The zero-order chi connectivity index (χ0) is 18.1. The van der Waals surface area contributed by atoms with Gasteiger partial charge in [0.05, 0.1) is 4.88 Å². The maximum absolute atomic E-state index is 4.93. The molecule has 3 heterocycles. The highest BCUT2D eigenvalue weighted by Crippen LogP contribution is 2.42. The lowest BCUT2D eigenvalue weighted by Crippen LogP contribution is -2.35. The highest BCUT2D eigenvalue weighted by atomic mass is 32.1. The van der Waals surface area contributed by atoms with E-state index in [1.54, 1.807) is 28.9 Å². The summed E-state index contributed by atoms with van der Waals surface area (Å²) in [5.41, 5.74) is 2.35. The largest absolute Gasteiger partial charge is 0.370 e. The Balaban J connectivity index is 1.98. The van der Waals surface area contributed by atoms with E-state index in [1.165, 1.54) is 4.88 Å². The summed E-state index contributed by atoms with van der Waals surface area (Å²) in [7, 11) is 0. The molecule has 0 aliphatic rings. The summed E-state index contributed by atoms with van der Waals surface area (Å²) in [6, 6.07) is 8.23. The maximum atomic E-state index is 4.93. The van der Waals surface area contributed by atoms with Crippen LogP contribution in [0.5, 0.6) is 0 Å². The Kier molecular flexibility index (Phi) is 4.98. The Morgan fingerprint density at radius 2 is 1.88 bits per heavy atom. The van der Waals surface area contributed by atoms with Gasteiger partial charge >= 0.3 is 0 Å². The van der Waals surface area contributed by atoms with E-state index in [0.717, 1.165) is 27.7 Å². The van der Waals surface area contributed by atoms with E-state index in [1.807, 2.05) is 12.3 Å². The molecule has 0 saturated carbocycles. The Morgan fingerprint density at radius 1 is 1.08 bits per heavy atom. The summed E-state index contributed by atoms with van der Waals surface area (Å²) in [5.74, 6) is 0. The first-order valence-electron chi connectivity index (χ1n) is 8.47. The van der Waals surface area contributed by atoms with Gasteiger partial charge in [-0.15, -0.1) is 11.3 Å². The van der Waals surface area contributed by atoms with E-state index in [2.05, 4.69) is 68.5 Å². The standard InChI is InChI=1S/C20H25N3S2/c1-19(2,3)13-20(4,5)23-18-16(15-9-7-11-24-15)22-17(25-18)14-8-6-10-21-12-14/h6-12,23H,13H2,1-5H3. The lowest BCUT2D eigenvalue weighted by Gasteiger charge is -2.33. The van der Waals surface area contributed by atoms with Crippen molar-refractivity contribution in [2.75, 3.05) is 5.32 Å². The molecule has 0 bridgehead atoms. The maximum Gasteiger partial charge on any atom is 0.127 e. The fraction of sp³-hybridized carbons (Fsp3) is 0.400. The zero-order valence-electron chi connectivity index (χ0n) is 15.5. The highest BCUT2D eigenvalue weighted by molar-refractivity contribution is 7.20. The van der Waals surface area contributed by atoms with Crippen LogP contribution in [0, 0.1) is 5.41 Å². The quantitative estimate of drug-likeness (QED) is 0.552. The molecule has 0 atom stereocenters. The second-order valence-electron chi connectivity index (χ2n) is 8.16. The number of nitrogens with zero attached hydrogens (tertiary/aromatic N) is 2. The van der Waals surface area contributed by atoms with Crippen LogP contribution < -0.4 is 5.32 Å². The van der Waals surface area contributed by atoms with E-state index in [9.17, 15) is 0 Å². The summed E-state index contributed by atoms with van der Waals surface area (Å²) >= 11 is 3.43. The first-order valence-corrected chi connectivity index (χ1v) is 10.2. The molecule has 0 aliphatic carbocycles. The minimum absolute atomic E-state index is 0.0109. The van der Waals surface area contributed by atoms with Crippen molar-refractivity contribution in [3.8, 4) is 21.1 Å². The zero-order valence-corrected chi connectivity index (χ0v) is 17.1. The van der Waals surface area contributed by atoms with Crippen LogP contribution in [0.4, 0.5) is 5.00 Å². The third-order valence-electron chi connectivity index (χ3n) is 3.71. The molecule has 0 fully saturated rings. The summed E-state index contributed by atoms with van der Waals surface area (Å²) in [4.78, 5) is 10.4. The molecule has 0 aromatic carbocycles. The first-order chi connectivity index (χ1) is 11.7.